The Morgan fingerprint density at radius 1 is 0.438 bits per heavy atom. The standard InChI is InChI=1S/C18H2Br8N2O4/c1-2(27-15(29)3-4(16(27)30)8(20)12(24)11(23)7(3)19)28-17(31)5-6(18(28)32)10(22)14(26)13(25)9(5)21/h1H2. The highest BCUT2D eigenvalue weighted by Gasteiger charge is 2.49. The number of hydrogen-bond acceptors (Lipinski definition) is 4. The number of nitrogens with zero attached hydrogens (tertiary/aromatic N) is 2. The highest BCUT2D eigenvalue weighted by atomic mass is 79.9. The van der Waals surface area contributed by atoms with Crippen LogP contribution in [0.1, 0.15) is 41.4 Å². The van der Waals surface area contributed by atoms with Crippen molar-refractivity contribution in [2.24, 2.45) is 0 Å². The minimum absolute atomic E-state index is 0.0718. The fraction of sp³-hybridized carbons (Fsp3) is 0. The normalized spacial score (nSPS) is 15.1. The third-order valence-corrected chi connectivity index (χ3v) is 14.3. The molecule has 0 saturated heterocycles. The summed E-state index contributed by atoms with van der Waals surface area (Å²) in [5, 5.41) is 0. The summed E-state index contributed by atoms with van der Waals surface area (Å²) in [6, 6.07) is 0. The Morgan fingerprint density at radius 2 is 0.625 bits per heavy atom. The van der Waals surface area contributed by atoms with Crippen LogP contribution >= 0.6 is 127 Å². The fourth-order valence-corrected chi connectivity index (χ4v) is 8.18. The molecule has 164 valence electrons. The zero-order valence-electron chi connectivity index (χ0n) is 14.8. The smallest absolute Gasteiger partial charge is 0.268 e. The average Bonchev–Trinajstić information content (AvgIpc) is 3.16. The predicted molar refractivity (Wildman–Crippen MR) is 145 cm³/mol. The van der Waals surface area contributed by atoms with Gasteiger partial charge >= 0.3 is 0 Å². The maximum Gasteiger partial charge on any atom is 0.268 e. The van der Waals surface area contributed by atoms with Gasteiger partial charge in [0.2, 0.25) is 0 Å². The van der Waals surface area contributed by atoms with Gasteiger partial charge < -0.3 is 0 Å². The number of carbonyl (C=O) groups is 4. The van der Waals surface area contributed by atoms with Crippen molar-refractivity contribution in [3.63, 3.8) is 0 Å². The van der Waals surface area contributed by atoms with Gasteiger partial charge in [-0.1, -0.05) is 6.58 Å². The molecule has 0 fully saturated rings. The zero-order chi connectivity index (χ0) is 24.0. The summed E-state index contributed by atoms with van der Waals surface area (Å²) in [6.07, 6.45) is 0. The number of carbonyl (C=O) groups excluding carboxylic acids is 4. The lowest BCUT2D eigenvalue weighted by Crippen LogP contribution is -2.41. The monoisotopic (exact) mass is 941 g/mol. The van der Waals surface area contributed by atoms with Crippen molar-refractivity contribution in [3.8, 4) is 0 Å². The molecule has 2 aromatic carbocycles. The van der Waals surface area contributed by atoms with Crippen LogP contribution < -0.4 is 0 Å². The molecule has 2 aliphatic heterocycles. The third kappa shape index (κ3) is 3.34. The Balaban J connectivity index is 1.85. The van der Waals surface area contributed by atoms with Gasteiger partial charge in [0.1, 0.15) is 5.82 Å². The van der Waals surface area contributed by atoms with E-state index in [9.17, 15) is 19.2 Å². The Morgan fingerprint density at radius 3 is 0.812 bits per heavy atom. The number of fused-ring (bicyclic) bond motifs is 2. The van der Waals surface area contributed by atoms with Crippen molar-refractivity contribution in [3.05, 3.63) is 70.4 Å². The predicted octanol–water partition coefficient (Wildman–Crippen LogP) is 8.15. The molecule has 4 amide bonds. The van der Waals surface area contributed by atoms with Crippen LogP contribution in [0.5, 0.6) is 0 Å². The van der Waals surface area contributed by atoms with Crippen molar-refractivity contribution < 1.29 is 19.2 Å². The highest BCUT2D eigenvalue weighted by Crippen LogP contribution is 2.48. The molecular weight excluding hydrogens is 947 g/mol. The quantitative estimate of drug-likeness (QED) is 0.173. The van der Waals surface area contributed by atoms with Gasteiger partial charge in [0.05, 0.1) is 22.3 Å². The summed E-state index contributed by atoms with van der Waals surface area (Å²) in [6.45, 7) is 3.76. The molecule has 0 atom stereocenters. The third-order valence-electron chi connectivity index (χ3n) is 4.72. The fourth-order valence-electron chi connectivity index (χ4n) is 3.27. The van der Waals surface area contributed by atoms with Crippen LogP contribution in [0.25, 0.3) is 0 Å². The van der Waals surface area contributed by atoms with Gasteiger partial charge in [-0.25, -0.2) is 9.80 Å². The van der Waals surface area contributed by atoms with Crippen LogP contribution in [0, 0.1) is 0 Å². The zero-order valence-corrected chi connectivity index (χ0v) is 27.4. The lowest BCUT2D eigenvalue weighted by molar-refractivity contribution is 0.0582. The largest absolute Gasteiger partial charge is 0.268 e. The van der Waals surface area contributed by atoms with Gasteiger partial charge in [-0.05, 0) is 127 Å². The first-order valence-corrected chi connectivity index (χ1v) is 14.4. The van der Waals surface area contributed by atoms with Gasteiger partial charge in [-0.2, -0.15) is 0 Å². The Kier molecular flexibility index (Phi) is 6.95. The van der Waals surface area contributed by atoms with Gasteiger partial charge in [-0.15, -0.1) is 0 Å². The molecule has 0 spiro atoms. The molecule has 32 heavy (non-hydrogen) atoms. The minimum Gasteiger partial charge on any atom is -0.268 e. The van der Waals surface area contributed by atoms with Gasteiger partial charge in [0.15, 0.2) is 0 Å². The van der Waals surface area contributed by atoms with Crippen molar-refractivity contribution in [1.29, 1.82) is 0 Å². The summed E-state index contributed by atoms with van der Waals surface area (Å²) < 4.78 is 3.43. The van der Waals surface area contributed by atoms with Crippen molar-refractivity contribution in [2.45, 2.75) is 0 Å². The van der Waals surface area contributed by atoms with E-state index in [1.807, 2.05) is 0 Å². The van der Waals surface area contributed by atoms with Crippen LogP contribution in [-0.2, 0) is 0 Å². The topological polar surface area (TPSA) is 74.8 Å². The van der Waals surface area contributed by atoms with E-state index in [1.165, 1.54) is 0 Å². The van der Waals surface area contributed by atoms with Crippen LogP contribution in [0.4, 0.5) is 0 Å². The summed E-state index contributed by atoms with van der Waals surface area (Å²) in [7, 11) is 0. The maximum atomic E-state index is 13.2. The van der Waals surface area contributed by atoms with E-state index in [-0.39, 0.29) is 28.1 Å². The maximum absolute atomic E-state index is 13.2. The van der Waals surface area contributed by atoms with E-state index in [0.29, 0.717) is 45.6 Å². The van der Waals surface area contributed by atoms with E-state index in [1.54, 1.807) is 0 Å². The molecule has 2 aromatic rings. The van der Waals surface area contributed by atoms with E-state index < -0.39 is 23.6 Å². The number of imide groups is 2. The molecule has 0 saturated carbocycles. The summed E-state index contributed by atoms with van der Waals surface area (Å²) in [4.78, 5) is 54.4. The molecule has 0 radical (unpaired) electrons. The lowest BCUT2D eigenvalue weighted by atomic mass is 10.1. The van der Waals surface area contributed by atoms with Gasteiger partial charge in [0, 0.05) is 35.8 Å². The highest BCUT2D eigenvalue weighted by molar-refractivity contribution is 9.15. The van der Waals surface area contributed by atoms with Gasteiger partial charge in [-0.3, -0.25) is 19.2 Å². The summed E-state index contributed by atoms with van der Waals surface area (Å²) >= 11 is 26.7. The van der Waals surface area contributed by atoms with Crippen LogP contribution in [-0.4, -0.2) is 33.4 Å². The van der Waals surface area contributed by atoms with Crippen LogP contribution in [0.15, 0.2) is 48.2 Å². The second kappa shape index (κ2) is 8.75. The Bertz CT molecular complexity index is 1170. The Hall–Kier alpha value is 0.300. The van der Waals surface area contributed by atoms with E-state index in [0.717, 1.165) is 0 Å². The molecular formula is C18H2Br8N2O4. The van der Waals surface area contributed by atoms with Crippen molar-refractivity contribution in [1.82, 2.24) is 9.80 Å². The molecule has 0 bridgehead atoms. The molecule has 2 heterocycles. The first kappa shape index (κ1) is 25.4. The lowest BCUT2D eigenvalue weighted by Gasteiger charge is -2.23. The van der Waals surface area contributed by atoms with Crippen LogP contribution in [0.3, 0.4) is 0 Å². The Labute approximate surface area is 247 Å². The molecule has 4 rings (SSSR count). The van der Waals surface area contributed by atoms with Crippen molar-refractivity contribution in [2.75, 3.05) is 0 Å². The van der Waals surface area contributed by atoms with E-state index in [4.69, 9.17) is 0 Å². The van der Waals surface area contributed by atoms with Gasteiger partial charge in [0.25, 0.3) is 23.6 Å². The van der Waals surface area contributed by atoms with Crippen molar-refractivity contribution >= 4 is 151 Å². The van der Waals surface area contributed by atoms with E-state index >= 15 is 0 Å². The molecule has 0 N–H and O–H groups in total. The first-order chi connectivity index (χ1) is 14.8. The number of hydrogen-bond donors (Lipinski definition) is 0. The van der Waals surface area contributed by atoms with Crippen LogP contribution in [0.2, 0.25) is 0 Å². The molecule has 0 aromatic heterocycles. The second-order valence-electron chi connectivity index (χ2n) is 6.32. The number of amides is 4. The average molecular weight is 949 g/mol. The molecule has 2 aliphatic rings. The first-order valence-electron chi connectivity index (χ1n) is 8.02. The number of halogens is 8. The molecule has 0 aliphatic carbocycles. The summed E-state index contributed by atoms with van der Waals surface area (Å²) in [5.74, 6) is -3.29. The summed E-state index contributed by atoms with van der Waals surface area (Å²) in [5.41, 5.74) is 0.287. The molecule has 6 nitrogen and oxygen atoms in total. The minimum atomic E-state index is -0.729. The molecule has 0 unspecified atom stereocenters. The number of benzene rings is 2. The SMILES string of the molecule is C=C(N1C(=O)c2c(Br)c(Br)c(Br)c(Br)c2C1=O)N1C(=O)c2c(Br)c(Br)c(Br)c(Br)c2C1=O. The van der Waals surface area contributed by atoms with E-state index in [2.05, 4.69) is 134 Å². The number of rotatable bonds is 2. The second-order valence-corrected chi connectivity index (χ2v) is 12.7. The molecule has 14 heteroatoms.